The molecule has 27 heavy (non-hydrogen) atoms. The van der Waals surface area contributed by atoms with Gasteiger partial charge in [0.2, 0.25) is 0 Å². The van der Waals surface area contributed by atoms with E-state index in [0.29, 0.717) is 22.6 Å². The molecular formula is C19H20BrN3O4. The number of nitrogens with one attached hydrogen (secondary N) is 1. The summed E-state index contributed by atoms with van der Waals surface area (Å²) in [6.45, 7) is 5.36. The minimum absolute atomic E-state index is 0. The first-order valence-corrected chi connectivity index (χ1v) is 8.04. The van der Waals surface area contributed by atoms with Crippen molar-refractivity contribution in [3.8, 4) is 11.3 Å². The predicted octanol–water partition coefficient (Wildman–Crippen LogP) is 4.62. The number of anilines is 1. The van der Waals surface area contributed by atoms with Crippen LogP contribution in [0.4, 0.5) is 10.5 Å². The van der Waals surface area contributed by atoms with E-state index in [1.165, 1.54) is 6.07 Å². The van der Waals surface area contributed by atoms with E-state index in [2.05, 4.69) is 10.3 Å². The minimum Gasteiger partial charge on any atom is -0.478 e. The Morgan fingerprint density at radius 1 is 1.19 bits per heavy atom. The number of rotatable bonds is 3. The van der Waals surface area contributed by atoms with Crippen LogP contribution in [0.5, 0.6) is 0 Å². The first-order valence-electron chi connectivity index (χ1n) is 8.04. The molecule has 2 N–H and O–H groups in total. The second kappa shape index (κ2) is 7.79. The first kappa shape index (κ1) is 20.4. The number of benzene rings is 1. The molecule has 3 aromatic rings. The van der Waals surface area contributed by atoms with E-state index in [1.54, 1.807) is 67.9 Å². The molecule has 1 aromatic carbocycles. The summed E-state index contributed by atoms with van der Waals surface area (Å²) >= 11 is 0. The van der Waals surface area contributed by atoms with E-state index < -0.39 is 17.7 Å². The molecule has 0 aliphatic rings. The van der Waals surface area contributed by atoms with Crippen LogP contribution < -0.4 is 5.32 Å². The standard InChI is InChI=1S/C19H19N3O4.BrH/c1-19(2,3)26-18(25)21-14-8-5-9-22-11-15(20-16(14)22)12-6-4-7-13(10-12)17(23)24;/h4-11H,1-3H3,(H,21,25)(H,23,24);1H. The van der Waals surface area contributed by atoms with Crippen molar-refractivity contribution in [3.05, 3.63) is 54.4 Å². The van der Waals surface area contributed by atoms with Crippen molar-refractivity contribution in [3.63, 3.8) is 0 Å². The maximum absolute atomic E-state index is 12.0. The minimum atomic E-state index is -0.997. The summed E-state index contributed by atoms with van der Waals surface area (Å²) in [5, 5.41) is 11.8. The van der Waals surface area contributed by atoms with Crippen LogP contribution >= 0.6 is 17.0 Å². The highest BCUT2D eigenvalue weighted by Crippen LogP contribution is 2.24. The number of carboxylic acid groups (broad SMARTS) is 1. The second-order valence-electron chi connectivity index (χ2n) is 6.79. The lowest BCUT2D eigenvalue weighted by molar-refractivity contribution is 0.0634. The van der Waals surface area contributed by atoms with Crippen LogP contribution in [0.1, 0.15) is 31.1 Å². The highest BCUT2D eigenvalue weighted by Gasteiger charge is 2.18. The van der Waals surface area contributed by atoms with Crippen molar-refractivity contribution >= 4 is 40.4 Å². The van der Waals surface area contributed by atoms with Gasteiger partial charge in [-0.3, -0.25) is 5.32 Å². The lowest BCUT2D eigenvalue weighted by Crippen LogP contribution is -2.27. The van der Waals surface area contributed by atoms with Gasteiger partial charge in [0.25, 0.3) is 0 Å². The molecule has 0 spiro atoms. The zero-order valence-electron chi connectivity index (χ0n) is 15.1. The average molecular weight is 434 g/mol. The Balaban J connectivity index is 0.00000261. The van der Waals surface area contributed by atoms with Crippen LogP contribution in [0.3, 0.4) is 0 Å². The highest BCUT2D eigenvalue weighted by molar-refractivity contribution is 8.93. The molecule has 0 aliphatic carbocycles. The van der Waals surface area contributed by atoms with Crippen molar-refractivity contribution in [1.29, 1.82) is 0 Å². The monoisotopic (exact) mass is 433 g/mol. The van der Waals surface area contributed by atoms with Crippen molar-refractivity contribution in [2.45, 2.75) is 26.4 Å². The number of aromatic nitrogens is 2. The molecule has 7 nitrogen and oxygen atoms in total. The second-order valence-corrected chi connectivity index (χ2v) is 6.79. The van der Waals surface area contributed by atoms with E-state index in [1.807, 2.05) is 0 Å². The Labute approximate surface area is 166 Å². The maximum Gasteiger partial charge on any atom is 0.412 e. The molecule has 0 fully saturated rings. The van der Waals surface area contributed by atoms with Gasteiger partial charge in [-0.1, -0.05) is 12.1 Å². The summed E-state index contributed by atoms with van der Waals surface area (Å²) in [4.78, 5) is 27.7. The van der Waals surface area contributed by atoms with Gasteiger partial charge in [0.05, 0.1) is 16.9 Å². The fraction of sp³-hybridized carbons (Fsp3) is 0.211. The number of pyridine rings is 1. The first-order chi connectivity index (χ1) is 12.2. The number of halogens is 1. The molecule has 1 amide bonds. The molecule has 0 atom stereocenters. The quantitative estimate of drug-likeness (QED) is 0.628. The number of hydrogen-bond donors (Lipinski definition) is 2. The van der Waals surface area contributed by atoms with Crippen LogP contribution in [0.15, 0.2) is 48.8 Å². The van der Waals surface area contributed by atoms with Gasteiger partial charge < -0.3 is 14.2 Å². The number of fused-ring (bicyclic) bond motifs is 1. The van der Waals surface area contributed by atoms with Gasteiger partial charge in [0.1, 0.15) is 5.60 Å². The fourth-order valence-electron chi connectivity index (χ4n) is 2.47. The summed E-state index contributed by atoms with van der Waals surface area (Å²) in [7, 11) is 0. The van der Waals surface area contributed by atoms with Crippen molar-refractivity contribution in [1.82, 2.24) is 9.38 Å². The topological polar surface area (TPSA) is 92.9 Å². The van der Waals surface area contributed by atoms with Gasteiger partial charge in [-0.25, -0.2) is 14.6 Å². The van der Waals surface area contributed by atoms with Crippen molar-refractivity contribution in [2.24, 2.45) is 0 Å². The molecule has 0 saturated carbocycles. The largest absolute Gasteiger partial charge is 0.478 e. The molecule has 8 heteroatoms. The van der Waals surface area contributed by atoms with E-state index in [9.17, 15) is 9.59 Å². The summed E-state index contributed by atoms with van der Waals surface area (Å²) < 4.78 is 7.03. The Morgan fingerprint density at radius 3 is 2.59 bits per heavy atom. The summed E-state index contributed by atoms with van der Waals surface area (Å²) in [5.41, 5.74) is 1.90. The number of imidazole rings is 1. The smallest absolute Gasteiger partial charge is 0.412 e. The van der Waals surface area contributed by atoms with E-state index in [4.69, 9.17) is 9.84 Å². The number of carboxylic acids is 1. The number of nitrogens with zero attached hydrogens (tertiary/aromatic N) is 2. The molecule has 0 unspecified atom stereocenters. The normalized spacial score (nSPS) is 10.9. The van der Waals surface area contributed by atoms with Crippen LogP contribution in [0, 0.1) is 0 Å². The number of amides is 1. The average Bonchev–Trinajstić information content (AvgIpc) is 2.98. The van der Waals surface area contributed by atoms with E-state index in [0.717, 1.165) is 0 Å². The lowest BCUT2D eigenvalue weighted by Gasteiger charge is -2.19. The molecule has 0 saturated heterocycles. The van der Waals surface area contributed by atoms with Gasteiger partial charge in [-0.2, -0.15) is 0 Å². The Kier molecular flexibility index (Phi) is 5.90. The summed E-state index contributed by atoms with van der Waals surface area (Å²) in [6.07, 6.45) is 3.01. The maximum atomic E-state index is 12.0. The zero-order chi connectivity index (χ0) is 18.9. The van der Waals surface area contributed by atoms with Crippen LogP contribution in [0.25, 0.3) is 16.9 Å². The summed E-state index contributed by atoms with van der Waals surface area (Å²) in [6, 6.07) is 10.0. The molecule has 3 rings (SSSR count). The van der Waals surface area contributed by atoms with Gasteiger partial charge in [0.15, 0.2) is 5.65 Å². The van der Waals surface area contributed by atoms with Crippen molar-refractivity contribution < 1.29 is 19.4 Å². The SMILES string of the molecule is Br.CC(C)(C)OC(=O)Nc1cccn2cc(-c3cccc(C(=O)O)c3)nc12. The number of carbonyl (C=O) groups is 2. The molecular weight excluding hydrogens is 414 g/mol. The number of hydrogen-bond acceptors (Lipinski definition) is 4. The van der Waals surface area contributed by atoms with Gasteiger partial charge >= 0.3 is 12.1 Å². The zero-order valence-corrected chi connectivity index (χ0v) is 16.8. The molecule has 142 valence electrons. The van der Waals surface area contributed by atoms with E-state index >= 15 is 0 Å². The predicted molar refractivity (Wildman–Crippen MR) is 108 cm³/mol. The van der Waals surface area contributed by atoms with Crippen LogP contribution in [-0.2, 0) is 4.74 Å². The molecule has 0 aliphatic heterocycles. The van der Waals surface area contributed by atoms with Crippen molar-refractivity contribution in [2.75, 3.05) is 5.32 Å². The fourth-order valence-corrected chi connectivity index (χ4v) is 2.47. The van der Waals surface area contributed by atoms with Crippen LogP contribution in [0.2, 0.25) is 0 Å². The Morgan fingerprint density at radius 2 is 1.93 bits per heavy atom. The number of aromatic carboxylic acids is 1. The van der Waals surface area contributed by atoms with Gasteiger partial charge in [0, 0.05) is 18.0 Å². The van der Waals surface area contributed by atoms with E-state index in [-0.39, 0.29) is 22.5 Å². The third-order valence-corrected chi connectivity index (χ3v) is 3.52. The molecule has 0 bridgehead atoms. The number of ether oxygens (including phenoxy) is 1. The van der Waals surface area contributed by atoms with Gasteiger partial charge in [-0.15, -0.1) is 17.0 Å². The molecule has 2 heterocycles. The highest BCUT2D eigenvalue weighted by atomic mass is 79.9. The summed E-state index contributed by atoms with van der Waals surface area (Å²) in [5.74, 6) is -0.997. The molecule has 0 radical (unpaired) electrons. The Hall–Kier alpha value is -2.87. The van der Waals surface area contributed by atoms with Crippen LogP contribution in [-0.4, -0.2) is 32.2 Å². The lowest BCUT2D eigenvalue weighted by atomic mass is 10.1. The molecule has 2 aromatic heterocycles. The third kappa shape index (κ3) is 4.85. The van der Waals surface area contributed by atoms with Gasteiger partial charge in [-0.05, 0) is 45.0 Å². The number of carbonyl (C=O) groups excluding carboxylic acids is 1. The third-order valence-electron chi connectivity index (χ3n) is 3.52. The Bertz CT molecular complexity index is 992.